The van der Waals surface area contributed by atoms with Gasteiger partial charge in [-0.15, -0.1) is 0 Å². The summed E-state index contributed by atoms with van der Waals surface area (Å²) < 4.78 is 66.7. The number of nitrogens with zero attached hydrogens (tertiary/aromatic N) is 5. The minimum atomic E-state index is -3.94. The summed E-state index contributed by atoms with van der Waals surface area (Å²) in [6.07, 6.45) is 17.2. The lowest BCUT2D eigenvalue weighted by Crippen LogP contribution is -2.41. The van der Waals surface area contributed by atoms with E-state index in [1.165, 1.54) is 30.3 Å². The highest BCUT2D eigenvalue weighted by molar-refractivity contribution is 9.11. The van der Waals surface area contributed by atoms with Gasteiger partial charge in [-0.3, -0.25) is 24.9 Å². The molecule has 9 aromatic rings. The molecule has 0 N–H and O–H groups in total. The van der Waals surface area contributed by atoms with Crippen LogP contribution in [0.4, 0.5) is 0 Å². The monoisotopic (exact) mass is 1170 g/mol. The van der Waals surface area contributed by atoms with Crippen LogP contribution in [-0.2, 0) is 29.0 Å². The molecule has 0 aliphatic carbocycles. The first-order valence-electron chi connectivity index (χ1n) is 22.4. The fourth-order valence-electron chi connectivity index (χ4n) is 7.44. The third kappa shape index (κ3) is 12.9. The van der Waals surface area contributed by atoms with E-state index in [0.717, 1.165) is 50.0 Å². The molecule has 18 heteroatoms. The first kappa shape index (κ1) is 53.3. The third-order valence-corrected chi connectivity index (χ3v) is 16.7. The Labute approximate surface area is 452 Å². The Bertz CT molecular complexity index is 3250. The van der Waals surface area contributed by atoms with Crippen LogP contribution < -0.4 is 5.46 Å². The minimum absolute atomic E-state index is 0.0648. The lowest BCUT2D eigenvalue weighted by atomic mass is 9.80. The standard InChI is InChI=1S/C32H22N4O2S.C12H6Br2Cl2O2S.C11H16BNO2/c37-39(38,31-15-27(23-5-1-9-33-19-23)13-28(16-31)24-6-2-10-34-20-24)32-17-29(25-7-3-11-35-21-25)14-30(18-32)26-8-4-12-36-22-26;13-7-1-8(14)3-11(2-7)19(17,18)12-5-9(15)4-10(16)6-12;1-10(2)11(3,4)15-12(14-10)9-6-5-7-13-8-9/h1-22H;1-6H;5-8H,1-4H3. The molecule has 1 fully saturated rings. The molecular weight excluding hydrogens is 1130 g/mol. The molecule has 1 saturated heterocycles. The molecule has 1 aliphatic rings. The predicted octanol–water partition coefficient (Wildman–Crippen LogP) is 13.5. The number of pyridine rings is 5. The van der Waals surface area contributed by atoms with Crippen molar-refractivity contribution in [2.24, 2.45) is 0 Å². The summed E-state index contributed by atoms with van der Waals surface area (Å²) >= 11 is 18.2. The van der Waals surface area contributed by atoms with Gasteiger partial charge in [0.15, 0.2) is 0 Å². The SMILES string of the molecule is CC1(C)OB(c2cccnc2)OC1(C)C.O=S(=O)(c1cc(-c2cccnc2)cc(-c2cccnc2)c1)c1cc(-c2cccnc2)cc(-c2cccnc2)c1.O=S(=O)(c1cc(Cl)cc(Cl)c1)c1cc(Br)cc(Br)c1. The number of hydrogen-bond donors (Lipinski definition) is 0. The molecule has 0 saturated carbocycles. The highest BCUT2D eigenvalue weighted by Gasteiger charge is 2.51. The Morgan fingerprint density at radius 3 is 1.04 bits per heavy atom. The van der Waals surface area contributed by atoms with Crippen molar-refractivity contribution < 1.29 is 26.1 Å². The van der Waals surface area contributed by atoms with E-state index in [1.807, 2.05) is 100 Å². The van der Waals surface area contributed by atoms with Gasteiger partial charge in [-0.2, -0.15) is 0 Å². The molecule has 0 radical (unpaired) electrons. The molecule has 0 unspecified atom stereocenters. The van der Waals surface area contributed by atoms with Crippen LogP contribution in [0.5, 0.6) is 0 Å². The zero-order chi connectivity index (χ0) is 52.0. The lowest BCUT2D eigenvalue weighted by molar-refractivity contribution is 0.00578. The van der Waals surface area contributed by atoms with Gasteiger partial charge in [0.1, 0.15) is 0 Å². The Balaban J connectivity index is 0.000000172. The molecule has 0 amide bonds. The molecular formula is C55H44BBr2Cl2N5O6S2. The average Bonchev–Trinajstić information content (AvgIpc) is 3.62. The molecule has 73 heavy (non-hydrogen) atoms. The van der Waals surface area contributed by atoms with Gasteiger partial charge in [0.25, 0.3) is 0 Å². The number of aromatic nitrogens is 5. The first-order chi connectivity index (χ1) is 34.8. The highest BCUT2D eigenvalue weighted by Crippen LogP contribution is 2.38. The van der Waals surface area contributed by atoms with Crippen molar-refractivity contribution in [2.45, 2.75) is 58.5 Å². The van der Waals surface area contributed by atoms with Crippen LogP contribution in [0.2, 0.25) is 10.0 Å². The van der Waals surface area contributed by atoms with Crippen molar-refractivity contribution in [3.05, 3.63) is 214 Å². The van der Waals surface area contributed by atoms with Gasteiger partial charge in [0, 0.05) is 109 Å². The first-order valence-corrected chi connectivity index (χ1v) is 27.7. The van der Waals surface area contributed by atoms with E-state index in [-0.39, 0.29) is 47.9 Å². The van der Waals surface area contributed by atoms with Gasteiger partial charge in [-0.1, -0.05) is 85.4 Å². The topological polar surface area (TPSA) is 151 Å². The highest BCUT2D eigenvalue weighted by atomic mass is 79.9. The van der Waals surface area contributed by atoms with E-state index in [4.69, 9.17) is 32.5 Å². The Morgan fingerprint density at radius 2 is 0.726 bits per heavy atom. The molecule has 0 atom stereocenters. The maximum Gasteiger partial charge on any atom is 0.496 e. The molecule has 6 heterocycles. The van der Waals surface area contributed by atoms with E-state index < -0.39 is 19.7 Å². The summed E-state index contributed by atoms with van der Waals surface area (Å²) in [6.45, 7) is 8.18. The number of rotatable bonds is 9. The van der Waals surface area contributed by atoms with Crippen LogP contribution >= 0.6 is 55.1 Å². The number of sulfone groups is 2. The summed E-state index contributed by atoms with van der Waals surface area (Å²) in [4.78, 5) is 21.6. The molecule has 0 bridgehead atoms. The lowest BCUT2D eigenvalue weighted by Gasteiger charge is -2.32. The summed E-state index contributed by atoms with van der Waals surface area (Å²) in [7, 11) is -7.90. The van der Waals surface area contributed by atoms with Gasteiger partial charge in [0.05, 0.1) is 30.8 Å². The molecule has 11 nitrogen and oxygen atoms in total. The normalized spacial score (nSPS) is 13.8. The van der Waals surface area contributed by atoms with Crippen LogP contribution in [0, 0.1) is 0 Å². The van der Waals surface area contributed by atoms with E-state index in [2.05, 4.69) is 56.8 Å². The number of hydrogen-bond acceptors (Lipinski definition) is 11. The van der Waals surface area contributed by atoms with Gasteiger partial charge in [0.2, 0.25) is 19.7 Å². The maximum atomic E-state index is 14.3. The van der Waals surface area contributed by atoms with E-state index >= 15 is 0 Å². The van der Waals surface area contributed by atoms with Crippen LogP contribution in [0.3, 0.4) is 0 Å². The Morgan fingerprint density at radius 1 is 0.411 bits per heavy atom. The zero-order valence-corrected chi connectivity index (χ0v) is 45.9. The van der Waals surface area contributed by atoms with Crippen molar-refractivity contribution in [1.29, 1.82) is 0 Å². The van der Waals surface area contributed by atoms with Crippen molar-refractivity contribution in [3.8, 4) is 44.5 Å². The predicted molar refractivity (Wildman–Crippen MR) is 295 cm³/mol. The zero-order valence-electron chi connectivity index (χ0n) is 39.6. The molecule has 5 aromatic heterocycles. The summed E-state index contributed by atoms with van der Waals surface area (Å²) in [6, 6.07) is 38.6. The summed E-state index contributed by atoms with van der Waals surface area (Å²) in [5.41, 5.74) is 6.67. The second-order valence-corrected chi connectivity index (χ2v) is 24.2. The molecule has 0 spiro atoms. The number of benzene rings is 4. The van der Waals surface area contributed by atoms with E-state index in [0.29, 0.717) is 8.95 Å². The second kappa shape index (κ2) is 22.7. The quantitative estimate of drug-likeness (QED) is 0.127. The van der Waals surface area contributed by atoms with Crippen molar-refractivity contribution in [1.82, 2.24) is 24.9 Å². The fraction of sp³-hybridized carbons (Fsp3) is 0.109. The van der Waals surface area contributed by atoms with Gasteiger partial charge in [-0.05, 0) is 153 Å². The Hall–Kier alpha value is -5.95. The van der Waals surface area contributed by atoms with Gasteiger partial charge >= 0.3 is 7.12 Å². The van der Waals surface area contributed by atoms with Crippen LogP contribution in [0.1, 0.15) is 27.7 Å². The van der Waals surface area contributed by atoms with Crippen LogP contribution in [0.15, 0.2) is 224 Å². The summed E-state index contributed by atoms with van der Waals surface area (Å²) in [5.74, 6) is 0. The second-order valence-electron chi connectivity index (χ2n) is 17.6. The van der Waals surface area contributed by atoms with Gasteiger partial charge in [-0.25, -0.2) is 16.8 Å². The Kier molecular flexibility index (Phi) is 16.6. The molecule has 10 rings (SSSR count). The third-order valence-electron chi connectivity index (χ3n) is 11.9. The van der Waals surface area contributed by atoms with Crippen LogP contribution in [-0.4, -0.2) is 60.1 Å². The molecule has 1 aliphatic heterocycles. The maximum absolute atomic E-state index is 14.3. The number of halogens is 4. The fourth-order valence-corrected chi connectivity index (χ4v) is 12.5. The average molecular weight is 1180 g/mol. The van der Waals surface area contributed by atoms with Gasteiger partial charge < -0.3 is 9.31 Å². The van der Waals surface area contributed by atoms with Crippen molar-refractivity contribution >= 4 is 87.3 Å². The smallest absolute Gasteiger partial charge is 0.399 e. The molecule has 4 aromatic carbocycles. The van der Waals surface area contributed by atoms with Crippen molar-refractivity contribution in [3.63, 3.8) is 0 Å². The summed E-state index contributed by atoms with van der Waals surface area (Å²) in [5, 5.41) is 0.556. The largest absolute Gasteiger partial charge is 0.496 e. The van der Waals surface area contributed by atoms with E-state index in [9.17, 15) is 16.8 Å². The van der Waals surface area contributed by atoms with E-state index in [1.54, 1.807) is 92.3 Å². The molecule has 368 valence electrons. The van der Waals surface area contributed by atoms with Crippen molar-refractivity contribution in [2.75, 3.05) is 0 Å². The van der Waals surface area contributed by atoms with Crippen LogP contribution in [0.25, 0.3) is 44.5 Å². The minimum Gasteiger partial charge on any atom is -0.399 e.